The standard InChI is InChI=1S/C15H21FN4S/c1-11-9-12(5-6-13(11)16)10-14-19-15(21-20-14)18-8-4-2-3-7-17/h5-6,9H,2-4,7-8,10,17H2,1H3,(H,18,19,20). The summed E-state index contributed by atoms with van der Waals surface area (Å²) in [6, 6.07) is 5.12. The van der Waals surface area contributed by atoms with E-state index in [-0.39, 0.29) is 5.82 Å². The van der Waals surface area contributed by atoms with Crippen LogP contribution in [0, 0.1) is 12.7 Å². The van der Waals surface area contributed by atoms with E-state index in [1.807, 2.05) is 6.07 Å². The second kappa shape index (κ2) is 8.05. The molecular weight excluding hydrogens is 287 g/mol. The lowest BCUT2D eigenvalue weighted by Crippen LogP contribution is -2.03. The molecule has 0 aliphatic heterocycles. The molecule has 0 amide bonds. The molecule has 1 heterocycles. The molecule has 4 nitrogen and oxygen atoms in total. The normalized spacial score (nSPS) is 10.8. The summed E-state index contributed by atoms with van der Waals surface area (Å²) >= 11 is 1.37. The molecule has 0 saturated heterocycles. The van der Waals surface area contributed by atoms with Crippen LogP contribution in [-0.4, -0.2) is 22.4 Å². The zero-order valence-electron chi connectivity index (χ0n) is 12.2. The minimum atomic E-state index is -0.176. The third-order valence-electron chi connectivity index (χ3n) is 3.21. The number of aryl methyl sites for hydroxylation is 1. The van der Waals surface area contributed by atoms with Crippen molar-refractivity contribution in [2.24, 2.45) is 5.73 Å². The van der Waals surface area contributed by atoms with Crippen LogP contribution in [0.1, 0.15) is 36.2 Å². The summed E-state index contributed by atoms with van der Waals surface area (Å²) in [6.45, 7) is 3.41. The van der Waals surface area contributed by atoms with Crippen molar-refractivity contribution in [1.29, 1.82) is 0 Å². The molecule has 114 valence electrons. The topological polar surface area (TPSA) is 63.8 Å². The lowest BCUT2D eigenvalue weighted by atomic mass is 10.1. The Morgan fingerprint density at radius 1 is 1.29 bits per heavy atom. The molecule has 2 rings (SSSR count). The lowest BCUT2D eigenvalue weighted by molar-refractivity contribution is 0.617. The van der Waals surface area contributed by atoms with E-state index in [1.165, 1.54) is 17.6 Å². The fraction of sp³-hybridized carbons (Fsp3) is 0.467. The van der Waals surface area contributed by atoms with Crippen molar-refractivity contribution in [1.82, 2.24) is 9.36 Å². The van der Waals surface area contributed by atoms with Crippen LogP contribution >= 0.6 is 11.5 Å². The van der Waals surface area contributed by atoms with Gasteiger partial charge in [0.15, 0.2) is 0 Å². The van der Waals surface area contributed by atoms with Crippen LogP contribution in [-0.2, 0) is 6.42 Å². The van der Waals surface area contributed by atoms with E-state index in [1.54, 1.807) is 13.0 Å². The third-order valence-corrected chi connectivity index (χ3v) is 3.92. The number of rotatable bonds is 8. The van der Waals surface area contributed by atoms with Gasteiger partial charge in [0, 0.05) is 24.5 Å². The van der Waals surface area contributed by atoms with Gasteiger partial charge in [0.05, 0.1) is 0 Å². The minimum absolute atomic E-state index is 0.176. The third kappa shape index (κ3) is 5.06. The molecule has 6 heteroatoms. The Bertz CT molecular complexity index is 571. The molecule has 2 aromatic rings. The summed E-state index contributed by atoms with van der Waals surface area (Å²) in [5.74, 6) is 0.597. The number of nitrogens with two attached hydrogens (primary N) is 1. The summed E-state index contributed by atoms with van der Waals surface area (Å²) in [4.78, 5) is 4.45. The zero-order valence-corrected chi connectivity index (χ0v) is 13.0. The van der Waals surface area contributed by atoms with Crippen LogP contribution in [0.2, 0.25) is 0 Å². The largest absolute Gasteiger partial charge is 0.360 e. The molecule has 1 aromatic carbocycles. The molecule has 0 aliphatic carbocycles. The van der Waals surface area contributed by atoms with E-state index in [0.717, 1.165) is 48.9 Å². The molecule has 0 saturated carbocycles. The fourth-order valence-electron chi connectivity index (χ4n) is 2.04. The predicted molar refractivity (Wildman–Crippen MR) is 85.2 cm³/mol. The van der Waals surface area contributed by atoms with Gasteiger partial charge < -0.3 is 11.1 Å². The smallest absolute Gasteiger partial charge is 0.202 e. The van der Waals surface area contributed by atoms with E-state index < -0.39 is 0 Å². The average Bonchev–Trinajstić information content (AvgIpc) is 2.90. The summed E-state index contributed by atoms with van der Waals surface area (Å²) in [7, 11) is 0. The highest BCUT2D eigenvalue weighted by atomic mass is 32.1. The molecule has 3 N–H and O–H groups in total. The molecule has 1 aromatic heterocycles. The van der Waals surface area contributed by atoms with Gasteiger partial charge >= 0.3 is 0 Å². The van der Waals surface area contributed by atoms with Crippen molar-refractivity contribution in [2.45, 2.75) is 32.6 Å². The van der Waals surface area contributed by atoms with E-state index in [9.17, 15) is 4.39 Å². The first kappa shape index (κ1) is 15.9. The molecule has 0 aliphatic rings. The monoisotopic (exact) mass is 308 g/mol. The Labute approximate surface area is 128 Å². The number of anilines is 1. The van der Waals surface area contributed by atoms with Crippen molar-refractivity contribution >= 4 is 16.7 Å². The van der Waals surface area contributed by atoms with Gasteiger partial charge in [-0.2, -0.15) is 4.37 Å². The van der Waals surface area contributed by atoms with Gasteiger partial charge in [-0.3, -0.25) is 0 Å². The number of hydrogen-bond acceptors (Lipinski definition) is 5. The van der Waals surface area contributed by atoms with Crippen LogP contribution < -0.4 is 11.1 Å². The van der Waals surface area contributed by atoms with Crippen molar-refractivity contribution in [3.8, 4) is 0 Å². The van der Waals surface area contributed by atoms with Crippen molar-refractivity contribution in [3.63, 3.8) is 0 Å². The maximum absolute atomic E-state index is 13.2. The number of aromatic nitrogens is 2. The molecule has 0 radical (unpaired) electrons. The zero-order chi connectivity index (χ0) is 15.1. The maximum Gasteiger partial charge on any atom is 0.202 e. The second-order valence-corrected chi connectivity index (χ2v) is 5.80. The first-order valence-electron chi connectivity index (χ1n) is 7.20. The highest BCUT2D eigenvalue weighted by molar-refractivity contribution is 7.09. The summed E-state index contributed by atoms with van der Waals surface area (Å²) in [6.07, 6.45) is 3.91. The summed E-state index contributed by atoms with van der Waals surface area (Å²) in [5, 5.41) is 4.12. The highest BCUT2D eigenvalue weighted by Gasteiger charge is 2.06. The SMILES string of the molecule is Cc1cc(Cc2nsc(NCCCCCN)n2)ccc1F. The van der Waals surface area contributed by atoms with Gasteiger partial charge in [-0.25, -0.2) is 9.37 Å². The van der Waals surface area contributed by atoms with E-state index in [4.69, 9.17) is 5.73 Å². The van der Waals surface area contributed by atoms with E-state index in [0.29, 0.717) is 12.0 Å². The number of benzene rings is 1. The van der Waals surface area contributed by atoms with Crippen LogP contribution in [0.15, 0.2) is 18.2 Å². The molecule has 21 heavy (non-hydrogen) atoms. The van der Waals surface area contributed by atoms with Crippen LogP contribution in [0.5, 0.6) is 0 Å². The van der Waals surface area contributed by atoms with Gasteiger partial charge in [-0.1, -0.05) is 18.6 Å². The van der Waals surface area contributed by atoms with E-state index in [2.05, 4.69) is 14.7 Å². The molecule has 0 spiro atoms. The molecular formula is C15H21FN4S. The molecule has 0 atom stereocenters. The number of nitrogens with zero attached hydrogens (tertiary/aromatic N) is 2. The quantitative estimate of drug-likeness (QED) is 0.736. The molecule has 0 bridgehead atoms. The van der Waals surface area contributed by atoms with Crippen LogP contribution in [0.4, 0.5) is 9.52 Å². The Kier molecular flexibility index (Phi) is 6.07. The minimum Gasteiger partial charge on any atom is -0.360 e. The van der Waals surface area contributed by atoms with E-state index >= 15 is 0 Å². The van der Waals surface area contributed by atoms with Gasteiger partial charge in [0.25, 0.3) is 0 Å². The number of halogens is 1. The van der Waals surface area contributed by atoms with Crippen molar-refractivity contribution < 1.29 is 4.39 Å². The molecule has 0 fully saturated rings. The van der Waals surface area contributed by atoms with Crippen LogP contribution in [0.25, 0.3) is 0 Å². The fourth-order valence-corrected chi connectivity index (χ4v) is 2.65. The Hall–Kier alpha value is -1.53. The highest BCUT2D eigenvalue weighted by Crippen LogP contribution is 2.16. The van der Waals surface area contributed by atoms with Gasteiger partial charge in [-0.15, -0.1) is 0 Å². The first-order valence-corrected chi connectivity index (χ1v) is 7.98. The number of hydrogen-bond donors (Lipinski definition) is 2. The maximum atomic E-state index is 13.2. The number of nitrogens with one attached hydrogen (secondary N) is 1. The average molecular weight is 308 g/mol. The number of unbranched alkanes of at least 4 members (excludes halogenated alkanes) is 2. The van der Waals surface area contributed by atoms with Crippen LogP contribution in [0.3, 0.4) is 0 Å². The first-order chi connectivity index (χ1) is 10.2. The van der Waals surface area contributed by atoms with Gasteiger partial charge in [0.2, 0.25) is 5.13 Å². The Balaban J connectivity index is 1.83. The predicted octanol–water partition coefficient (Wildman–Crippen LogP) is 3.12. The molecule has 0 unspecified atom stereocenters. The van der Waals surface area contributed by atoms with Gasteiger partial charge in [-0.05, 0) is 43.5 Å². The van der Waals surface area contributed by atoms with Crippen molar-refractivity contribution in [3.05, 3.63) is 41.0 Å². The Morgan fingerprint density at radius 2 is 2.14 bits per heavy atom. The van der Waals surface area contributed by atoms with Crippen molar-refractivity contribution in [2.75, 3.05) is 18.4 Å². The Morgan fingerprint density at radius 3 is 2.90 bits per heavy atom. The second-order valence-electron chi connectivity index (χ2n) is 5.05. The lowest BCUT2D eigenvalue weighted by Gasteiger charge is -2.01. The summed E-state index contributed by atoms with van der Waals surface area (Å²) in [5.41, 5.74) is 7.14. The summed E-state index contributed by atoms with van der Waals surface area (Å²) < 4.78 is 17.6. The van der Waals surface area contributed by atoms with Gasteiger partial charge in [0.1, 0.15) is 11.6 Å².